The molecule has 88 valence electrons. The number of nitrogens with one attached hydrogen (secondary N) is 1. The summed E-state index contributed by atoms with van der Waals surface area (Å²) in [5.74, 6) is 0.912. The molecule has 15 heavy (non-hydrogen) atoms. The smallest absolute Gasteiger partial charge is 0.0569 e. The summed E-state index contributed by atoms with van der Waals surface area (Å²) in [6.45, 7) is 4.68. The fraction of sp³-hybridized carbons (Fsp3) is 1.00. The molecule has 0 radical (unpaired) electrons. The summed E-state index contributed by atoms with van der Waals surface area (Å²) in [6, 6.07) is 0. The maximum Gasteiger partial charge on any atom is 0.0569 e. The van der Waals surface area contributed by atoms with Crippen molar-refractivity contribution in [3.8, 4) is 0 Å². The highest BCUT2D eigenvalue weighted by atomic mass is 16.5. The van der Waals surface area contributed by atoms with E-state index in [0.717, 1.165) is 32.2 Å². The lowest BCUT2D eigenvalue weighted by atomic mass is 9.85. The molecular formula is C12H24N2O. The van der Waals surface area contributed by atoms with Crippen molar-refractivity contribution in [2.75, 3.05) is 32.8 Å². The van der Waals surface area contributed by atoms with Gasteiger partial charge in [-0.15, -0.1) is 0 Å². The average molecular weight is 212 g/mol. The summed E-state index contributed by atoms with van der Waals surface area (Å²) in [7, 11) is 0. The third-order valence-corrected chi connectivity index (χ3v) is 3.91. The van der Waals surface area contributed by atoms with Crippen LogP contribution in [0.1, 0.15) is 32.1 Å². The Morgan fingerprint density at radius 1 is 1.20 bits per heavy atom. The van der Waals surface area contributed by atoms with E-state index < -0.39 is 0 Å². The quantitative estimate of drug-likeness (QED) is 0.718. The van der Waals surface area contributed by atoms with E-state index in [-0.39, 0.29) is 5.41 Å². The zero-order valence-corrected chi connectivity index (χ0v) is 9.63. The third kappa shape index (κ3) is 2.92. The van der Waals surface area contributed by atoms with Gasteiger partial charge in [0.15, 0.2) is 0 Å². The Kier molecular flexibility index (Phi) is 4.00. The average Bonchev–Trinajstić information content (AvgIpc) is 2.24. The predicted octanol–water partition coefficient (Wildman–Crippen LogP) is 1.13. The van der Waals surface area contributed by atoms with Crippen LogP contribution in [0.3, 0.4) is 0 Å². The van der Waals surface area contributed by atoms with Crippen molar-refractivity contribution < 1.29 is 4.74 Å². The van der Waals surface area contributed by atoms with Gasteiger partial charge < -0.3 is 15.8 Å². The maximum absolute atomic E-state index is 5.77. The Bertz CT molecular complexity index is 181. The summed E-state index contributed by atoms with van der Waals surface area (Å²) in [5.41, 5.74) is 6.03. The number of hydrogen-bond donors (Lipinski definition) is 2. The Morgan fingerprint density at radius 2 is 1.93 bits per heavy atom. The SMILES string of the molecule is NCC1(CNCC2CCCCC2)COC1. The molecule has 0 atom stereocenters. The van der Waals surface area contributed by atoms with Crippen LogP contribution in [0.5, 0.6) is 0 Å². The molecule has 1 aliphatic heterocycles. The lowest BCUT2D eigenvalue weighted by Crippen LogP contribution is -2.54. The molecule has 0 aromatic heterocycles. The van der Waals surface area contributed by atoms with Gasteiger partial charge in [-0.1, -0.05) is 19.3 Å². The molecule has 1 heterocycles. The van der Waals surface area contributed by atoms with Crippen molar-refractivity contribution in [3.05, 3.63) is 0 Å². The van der Waals surface area contributed by atoms with E-state index in [1.54, 1.807) is 0 Å². The van der Waals surface area contributed by atoms with Crippen LogP contribution < -0.4 is 11.1 Å². The molecular weight excluding hydrogens is 188 g/mol. The van der Waals surface area contributed by atoms with Gasteiger partial charge >= 0.3 is 0 Å². The van der Waals surface area contributed by atoms with Gasteiger partial charge in [-0.05, 0) is 25.3 Å². The largest absolute Gasteiger partial charge is 0.380 e. The van der Waals surface area contributed by atoms with Gasteiger partial charge in [0, 0.05) is 18.5 Å². The molecule has 0 amide bonds. The summed E-state index contributed by atoms with van der Waals surface area (Å²) >= 11 is 0. The van der Waals surface area contributed by atoms with Crippen LogP contribution in [0.15, 0.2) is 0 Å². The summed E-state index contributed by atoms with van der Waals surface area (Å²) in [5, 5.41) is 3.59. The van der Waals surface area contributed by atoms with Crippen molar-refractivity contribution >= 4 is 0 Å². The molecule has 2 aliphatic rings. The van der Waals surface area contributed by atoms with Crippen LogP contribution >= 0.6 is 0 Å². The number of ether oxygens (including phenoxy) is 1. The van der Waals surface area contributed by atoms with E-state index in [1.165, 1.54) is 38.6 Å². The lowest BCUT2D eigenvalue weighted by molar-refractivity contribution is -0.105. The molecule has 0 unspecified atom stereocenters. The fourth-order valence-corrected chi connectivity index (χ4v) is 2.62. The molecule has 2 rings (SSSR count). The monoisotopic (exact) mass is 212 g/mol. The zero-order valence-electron chi connectivity index (χ0n) is 9.63. The van der Waals surface area contributed by atoms with Crippen molar-refractivity contribution in [2.45, 2.75) is 32.1 Å². The molecule has 1 saturated heterocycles. The number of nitrogens with two attached hydrogens (primary N) is 1. The highest BCUT2D eigenvalue weighted by molar-refractivity contribution is 4.88. The molecule has 3 nitrogen and oxygen atoms in total. The Balaban J connectivity index is 1.61. The standard InChI is InChI=1S/C12H24N2O/c13-7-12(9-15-10-12)8-14-6-11-4-2-1-3-5-11/h11,14H,1-10,13H2. The van der Waals surface area contributed by atoms with Gasteiger partial charge in [-0.3, -0.25) is 0 Å². The van der Waals surface area contributed by atoms with Crippen LogP contribution in [-0.2, 0) is 4.74 Å². The van der Waals surface area contributed by atoms with Crippen LogP contribution in [0.4, 0.5) is 0 Å². The van der Waals surface area contributed by atoms with Crippen LogP contribution in [0.25, 0.3) is 0 Å². The minimum atomic E-state index is 0.259. The van der Waals surface area contributed by atoms with Gasteiger partial charge in [-0.2, -0.15) is 0 Å². The van der Waals surface area contributed by atoms with Gasteiger partial charge in [0.25, 0.3) is 0 Å². The molecule has 1 aliphatic carbocycles. The van der Waals surface area contributed by atoms with Crippen molar-refractivity contribution in [1.82, 2.24) is 5.32 Å². The number of hydrogen-bond acceptors (Lipinski definition) is 3. The molecule has 3 heteroatoms. The molecule has 0 aromatic rings. The van der Waals surface area contributed by atoms with Crippen LogP contribution in [0, 0.1) is 11.3 Å². The summed E-state index contributed by atoms with van der Waals surface area (Å²) in [6.07, 6.45) is 7.13. The van der Waals surface area contributed by atoms with Crippen LogP contribution in [0.2, 0.25) is 0 Å². The molecule has 1 saturated carbocycles. The number of rotatable bonds is 5. The molecule has 0 spiro atoms. The van der Waals surface area contributed by atoms with Crippen LogP contribution in [-0.4, -0.2) is 32.8 Å². The molecule has 3 N–H and O–H groups in total. The minimum absolute atomic E-state index is 0.259. The van der Waals surface area contributed by atoms with E-state index in [0.29, 0.717) is 0 Å². The third-order valence-electron chi connectivity index (χ3n) is 3.91. The van der Waals surface area contributed by atoms with Crippen molar-refractivity contribution in [3.63, 3.8) is 0 Å². The first-order chi connectivity index (χ1) is 7.35. The first-order valence-corrected chi connectivity index (χ1v) is 6.33. The summed E-state index contributed by atoms with van der Waals surface area (Å²) in [4.78, 5) is 0. The topological polar surface area (TPSA) is 47.3 Å². The maximum atomic E-state index is 5.77. The van der Waals surface area contributed by atoms with E-state index >= 15 is 0 Å². The molecule has 2 fully saturated rings. The van der Waals surface area contributed by atoms with Crippen molar-refractivity contribution in [2.24, 2.45) is 17.1 Å². The van der Waals surface area contributed by atoms with Gasteiger partial charge in [-0.25, -0.2) is 0 Å². The Morgan fingerprint density at radius 3 is 2.47 bits per heavy atom. The molecule has 0 bridgehead atoms. The van der Waals surface area contributed by atoms with E-state index in [4.69, 9.17) is 10.5 Å². The first kappa shape index (κ1) is 11.4. The second-order valence-corrected chi connectivity index (χ2v) is 5.33. The normalized spacial score (nSPS) is 26.2. The Labute approximate surface area is 92.7 Å². The van der Waals surface area contributed by atoms with Gasteiger partial charge in [0.2, 0.25) is 0 Å². The van der Waals surface area contributed by atoms with E-state index in [2.05, 4.69) is 5.32 Å². The van der Waals surface area contributed by atoms with Gasteiger partial charge in [0.05, 0.1) is 13.2 Å². The fourth-order valence-electron chi connectivity index (χ4n) is 2.62. The van der Waals surface area contributed by atoms with E-state index in [9.17, 15) is 0 Å². The van der Waals surface area contributed by atoms with E-state index in [1.807, 2.05) is 0 Å². The lowest BCUT2D eigenvalue weighted by Gasteiger charge is -2.41. The predicted molar refractivity (Wildman–Crippen MR) is 61.8 cm³/mol. The Hall–Kier alpha value is -0.120. The second-order valence-electron chi connectivity index (χ2n) is 5.33. The molecule has 0 aromatic carbocycles. The second kappa shape index (κ2) is 5.28. The van der Waals surface area contributed by atoms with Gasteiger partial charge in [0.1, 0.15) is 0 Å². The summed E-state index contributed by atoms with van der Waals surface area (Å²) < 4.78 is 5.25. The highest BCUT2D eigenvalue weighted by Gasteiger charge is 2.36. The highest BCUT2D eigenvalue weighted by Crippen LogP contribution is 2.26. The first-order valence-electron chi connectivity index (χ1n) is 6.33. The van der Waals surface area contributed by atoms with Crippen molar-refractivity contribution in [1.29, 1.82) is 0 Å². The minimum Gasteiger partial charge on any atom is -0.380 e. The zero-order chi connectivity index (χ0) is 10.6.